The predicted molar refractivity (Wildman–Crippen MR) is 178 cm³/mol. The van der Waals surface area contributed by atoms with Gasteiger partial charge in [0.2, 0.25) is 5.82 Å². The van der Waals surface area contributed by atoms with Crippen molar-refractivity contribution >= 4 is 23.7 Å². The van der Waals surface area contributed by atoms with Crippen LogP contribution in [-0.2, 0) is 43.5 Å². The normalized spacial score (nSPS) is 11.4. The van der Waals surface area contributed by atoms with Crippen LogP contribution in [-0.4, -0.2) is 78.3 Å². The fourth-order valence-electron chi connectivity index (χ4n) is 5.01. The average molecular weight is 730 g/mol. The molecular weight excluding hydrogens is 694 g/mol. The van der Waals surface area contributed by atoms with Crippen molar-refractivity contribution in [1.82, 2.24) is 35.5 Å². The van der Waals surface area contributed by atoms with E-state index < -0.39 is 41.5 Å². The van der Waals surface area contributed by atoms with E-state index in [2.05, 4.69) is 47.5 Å². The highest BCUT2D eigenvalue weighted by Crippen LogP contribution is 2.30. The third-order valence-corrected chi connectivity index (χ3v) is 7.78. The number of aromatic nitrogens is 6. The molecule has 0 aliphatic heterocycles. The Hall–Kier alpha value is -5.85. The van der Waals surface area contributed by atoms with Gasteiger partial charge in [-0.1, -0.05) is 73.5 Å². The lowest BCUT2D eigenvalue weighted by Crippen LogP contribution is -2.31. The first-order valence-corrected chi connectivity index (χ1v) is 16.3. The van der Waals surface area contributed by atoms with Crippen molar-refractivity contribution in [3.05, 3.63) is 91.0 Å². The highest BCUT2D eigenvalue weighted by molar-refractivity contribution is 6.30. The lowest BCUT2D eigenvalue weighted by atomic mass is 9.98. The van der Waals surface area contributed by atoms with Crippen LogP contribution < -0.4 is 5.32 Å². The van der Waals surface area contributed by atoms with E-state index >= 15 is 0 Å². The molecule has 20 heteroatoms. The molecule has 0 aliphatic rings. The molecule has 1 amide bonds. The Labute approximate surface area is 295 Å². The number of hydrogen-bond acceptors (Lipinski definition) is 14. The van der Waals surface area contributed by atoms with Gasteiger partial charge in [0, 0.05) is 18.5 Å². The van der Waals surface area contributed by atoms with E-state index in [9.17, 15) is 29.8 Å². The van der Waals surface area contributed by atoms with E-state index in [0.29, 0.717) is 24.5 Å². The molecule has 0 aliphatic carbocycles. The van der Waals surface area contributed by atoms with Crippen LogP contribution in [0.5, 0.6) is 0 Å². The Morgan fingerprint density at radius 1 is 1.02 bits per heavy atom. The summed E-state index contributed by atoms with van der Waals surface area (Å²) in [6.07, 6.45) is 1.09. The van der Waals surface area contributed by atoms with Crippen molar-refractivity contribution in [1.29, 1.82) is 0 Å². The molecule has 2 N–H and O–H groups in total. The second kappa shape index (κ2) is 19.4. The van der Waals surface area contributed by atoms with E-state index in [4.69, 9.17) is 21.1 Å². The second-order valence-electron chi connectivity index (χ2n) is 11.0. The first-order valence-electron chi connectivity index (χ1n) is 15.9. The minimum atomic E-state index is -1.15. The molecular formula is C31H36ClN9O10. The van der Waals surface area contributed by atoms with Gasteiger partial charge >= 0.3 is 12.1 Å². The number of amides is 1. The number of aryl methyl sites for hydroxylation is 1. The third kappa shape index (κ3) is 11.9. The summed E-state index contributed by atoms with van der Waals surface area (Å²) < 4.78 is 12.3. The number of hydrogen-bond donors (Lipinski definition) is 2. The fourth-order valence-corrected chi connectivity index (χ4v) is 5.26. The Bertz CT molecular complexity index is 1750. The van der Waals surface area contributed by atoms with Crippen LogP contribution in [0.3, 0.4) is 0 Å². The molecule has 2 aromatic heterocycles. The topological polar surface area (TPSA) is 242 Å². The zero-order valence-electron chi connectivity index (χ0n) is 27.6. The number of benzene rings is 2. The number of esters is 1. The van der Waals surface area contributed by atoms with Crippen molar-refractivity contribution in [2.75, 3.05) is 19.8 Å². The zero-order valence-corrected chi connectivity index (χ0v) is 28.3. The van der Waals surface area contributed by atoms with E-state index in [-0.39, 0.29) is 37.6 Å². The van der Waals surface area contributed by atoms with Gasteiger partial charge in [0.1, 0.15) is 31.7 Å². The molecule has 51 heavy (non-hydrogen) atoms. The van der Waals surface area contributed by atoms with Crippen LogP contribution in [0, 0.1) is 20.2 Å². The SMILES string of the molecule is CCCCc1nc(Cl)c(COC(=O)NCC(=O)OCCCCC(CO[N+](=O)[O-])O[N+](=O)[O-])n1Cc1ccc(-c2ccccc2-c2nn[nH]n2)cc1. The molecule has 0 fully saturated rings. The van der Waals surface area contributed by atoms with Crippen LogP contribution >= 0.6 is 11.6 Å². The van der Waals surface area contributed by atoms with Crippen LogP contribution in [0.4, 0.5) is 4.79 Å². The van der Waals surface area contributed by atoms with E-state index in [1.807, 2.05) is 53.1 Å². The van der Waals surface area contributed by atoms with Crippen LogP contribution in [0.2, 0.25) is 5.15 Å². The number of tetrazole rings is 1. The Morgan fingerprint density at radius 3 is 2.47 bits per heavy atom. The lowest BCUT2D eigenvalue weighted by Gasteiger charge is -2.14. The Balaban J connectivity index is 1.29. The highest BCUT2D eigenvalue weighted by Gasteiger charge is 2.19. The molecule has 19 nitrogen and oxygen atoms in total. The summed E-state index contributed by atoms with van der Waals surface area (Å²) in [5.41, 5.74) is 4.20. The zero-order chi connectivity index (χ0) is 36.6. The summed E-state index contributed by atoms with van der Waals surface area (Å²) >= 11 is 6.52. The maximum absolute atomic E-state index is 12.5. The molecule has 0 saturated heterocycles. The van der Waals surface area contributed by atoms with Gasteiger partial charge in [-0.15, -0.1) is 30.4 Å². The third-order valence-electron chi connectivity index (χ3n) is 7.48. The molecule has 1 atom stereocenters. The summed E-state index contributed by atoms with van der Waals surface area (Å²) in [4.78, 5) is 58.4. The van der Waals surface area contributed by atoms with Crippen molar-refractivity contribution in [2.24, 2.45) is 0 Å². The van der Waals surface area contributed by atoms with Gasteiger partial charge < -0.3 is 29.0 Å². The fraction of sp³-hybridized carbons (Fsp3) is 0.419. The monoisotopic (exact) mass is 729 g/mol. The van der Waals surface area contributed by atoms with Gasteiger partial charge in [-0.3, -0.25) is 4.79 Å². The van der Waals surface area contributed by atoms with Crippen LogP contribution in [0.25, 0.3) is 22.5 Å². The Kier molecular flexibility index (Phi) is 14.4. The molecule has 2 heterocycles. The maximum atomic E-state index is 12.5. The number of rotatable bonds is 21. The van der Waals surface area contributed by atoms with Gasteiger partial charge in [-0.25, -0.2) is 9.78 Å². The first-order chi connectivity index (χ1) is 24.6. The summed E-state index contributed by atoms with van der Waals surface area (Å²) in [6, 6.07) is 15.7. The number of carbonyl (C=O) groups excluding carboxylic acids is 2. The largest absolute Gasteiger partial charge is 0.464 e. The minimum absolute atomic E-state index is 0.0543. The summed E-state index contributed by atoms with van der Waals surface area (Å²) in [6.45, 7) is 1.14. The Morgan fingerprint density at radius 2 is 1.78 bits per heavy atom. The number of imidazole rings is 1. The number of ether oxygens (including phenoxy) is 2. The van der Waals surface area contributed by atoms with Gasteiger partial charge in [0.15, 0.2) is 5.15 Å². The summed E-state index contributed by atoms with van der Waals surface area (Å²) in [5.74, 6) is 0.497. The quantitative estimate of drug-likeness (QED) is 0.0519. The number of unbranched alkanes of at least 4 members (excludes halogenated alkanes) is 2. The highest BCUT2D eigenvalue weighted by atomic mass is 35.5. The number of nitrogens with zero attached hydrogens (tertiary/aromatic N) is 7. The molecule has 1 unspecified atom stereocenters. The average Bonchev–Trinajstić information content (AvgIpc) is 3.75. The second-order valence-corrected chi connectivity index (χ2v) is 11.4. The van der Waals surface area contributed by atoms with Crippen molar-refractivity contribution < 1.29 is 38.9 Å². The minimum Gasteiger partial charge on any atom is -0.464 e. The molecule has 0 radical (unpaired) electrons. The smallest absolute Gasteiger partial charge is 0.408 e. The number of alkyl carbamates (subject to hydrolysis) is 1. The van der Waals surface area contributed by atoms with E-state index in [1.54, 1.807) is 0 Å². The van der Waals surface area contributed by atoms with E-state index in [1.165, 1.54) is 0 Å². The van der Waals surface area contributed by atoms with Crippen molar-refractivity contribution in [2.45, 2.75) is 64.7 Å². The number of carbonyl (C=O) groups is 2. The molecule has 4 rings (SSSR count). The van der Waals surface area contributed by atoms with Crippen LogP contribution in [0.15, 0.2) is 48.5 Å². The molecule has 2 aromatic carbocycles. The number of halogens is 1. The summed E-state index contributed by atoms with van der Waals surface area (Å²) in [5, 5.41) is 35.6. The first kappa shape index (κ1) is 38.0. The number of nitrogens with one attached hydrogen (secondary N) is 2. The molecule has 0 bridgehead atoms. The van der Waals surface area contributed by atoms with Gasteiger partial charge in [0.25, 0.3) is 10.2 Å². The van der Waals surface area contributed by atoms with Crippen molar-refractivity contribution in [3.8, 4) is 22.5 Å². The molecule has 0 spiro atoms. The predicted octanol–water partition coefficient (Wildman–Crippen LogP) is 4.50. The molecule has 4 aromatic rings. The maximum Gasteiger partial charge on any atom is 0.408 e. The van der Waals surface area contributed by atoms with Gasteiger partial charge in [0.05, 0.1) is 12.3 Å². The molecule has 0 saturated carbocycles. The number of H-pyrrole nitrogens is 1. The van der Waals surface area contributed by atoms with Crippen molar-refractivity contribution in [3.63, 3.8) is 0 Å². The van der Waals surface area contributed by atoms with E-state index in [0.717, 1.165) is 40.9 Å². The van der Waals surface area contributed by atoms with Gasteiger partial charge in [-0.05, 0) is 47.6 Å². The molecule has 272 valence electrons. The summed E-state index contributed by atoms with van der Waals surface area (Å²) in [7, 11) is 0. The number of aromatic amines is 1. The standard InChI is InChI=1S/C31H36ClN9O10/c1-2-3-11-27-34-29(32)26(20-49-31(43)33-17-28(42)48-16-7-6-8-23(51-41(46)47)19-50-40(44)45)39(27)18-21-12-14-22(15-13-21)24-9-4-5-10-25(24)30-35-37-38-36-30/h4-5,9-10,12-15,23H,2-3,6-8,11,16-20H2,1H3,(H,33,43)(H,35,36,37,38). The van der Waals surface area contributed by atoms with Gasteiger partial charge in [-0.2, -0.15) is 5.21 Å². The van der Waals surface area contributed by atoms with Crippen LogP contribution in [0.1, 0.15) is 56.1 Å². The lowest BCUT2D eigenvalue weighted by molar-refractivity contribution is -0.790.